The van der Waals surface area contributed by atoms with Gasteiger partial charge in [-0.25, -0.2) is 4.39 Å². The highest BCUT2D eigenvalue weighted by Gasteiger charge is 2.43. The van der Waals surface area contributed by atoms with E-state index in [4.69, 9.17) is 0 Å². The van der Waals surface area contributed by atoms with E-state index in [1.165, 1.54) is 6.07 Å². The average molecular weight is 317 g/mol. The highest BCUT2D eigenvalue weighted by atomic mass is 79.9. The SMILES string of the molecule is O=C(O)C1(c2cc(Br)c(O)cc2F)CCCCC1. The first-order chi connectivity index (χ1) is 8.47. The molecule has 0 aliphatic heterocycles. The van der Waals surface area contributed by atoms with Crippen molar-refractivity contribution in [3.63, 3.8) is 0 Å². The summed E-state index contributed by atoms with van der Waals surface area (Å²) in [4.78, 5) is 11.6. The number of hydrogen-bond donors (Lipinski definition) is 2. The predicted molar refractivity (Wildman–Crippen MR) is 68.2 cm³/mol. The number of benzene rings is 1. The highest BCUT2D eigenvalue weighted by Crippen LogP contribution is 2.43. The number of carboxylic acid groups (broad SMARTS) is 1. The van der Waals surface area contributed by atoms with Crippen LogP contribution < -0.4 is 0 Å². The molecular weight excluding hydrogens is 303 g/mol. The maximum Gasteiger partial charge on any atom is 0.314 e. The third-order valence-electron chi connectivity index (χ3n) is 3.67. The number of phenols is 1. The summed E-state index contributed by atoms with van der Waals surface area (Å²) in [6.45, 7) is 0. The lowest BCUT2D eigenvalue weighted by Crippen LogP contribution is -2.38. The number of halogens is 2. The smallest absolute Gasteiger partial charge is 0.314 e. The molecule has 0 bridgehead atoms. The van der Waals surface area contributed by atoms with Crippen LogP contribution >= 0.6 is 15.9 Å². The minimum absolute atomic E-state index is 0.166. The summed E-state index contributed by atoms with van der Waals surface area (Å²) < 4.78 is 14.3. The van der Waals surface area contributed by atoms with Gasteiger partial charge < -0.3 is 10.2 Å². The number of phenolic OH excluding ortho intramolecular Hbond substituents is 1. The van der Waals surface area contributed by atoms with Crippen molar-refractivity contribution in [2.24, 2.45) is 0 Å². The second-order valence-electron chi connectivity index (χ2n) is 4.73. The molecule has 1 aromatic carbocycles. The zero-order valence-electron chi connectivity index (χ0n) is 9.75. The van der Waals surface area contributed by atoms with Gasteiger partial charge in [0.2, 0.25) is 0 Å². The molecule has 0 radical (unpaired) electrons. The van der Waals surface area contributed by atoms with E-state index in [1.807, 2.05) is 0 Å². The number of rotatable bonds is 2. The van der Waals surface area contributed by atoms with Crippen LogP contribution in [0.5, 0.6) is 5.75 Å². The van der Waals surface area contributed by atoms with E-state index in [0.29, 0.717) is 17.3 Å². The van der Waals surface area contributed by atoms with Crippen LogP contribution in [0.2, 0.25) is 0 Å². The number of carboxylic acids is 1. The lowest BCUT2D eigenvalue weighted by atomic mass is 9.69. The Bertz CT molecular complexity index is 481. The third kappa shape index (κ3) is 2.11. The van der Waals surface area contributed by atoms with E-state index < -0.39 is 17.2 Å². The van der Waals surface area contributed by atoms with Crippen molar-refractivity contribution in [1.29, 1.82) is 0 Å². The van der Waals surface area contributed by atoms with Crippen molar-refractivity contribution in [2.45, 2.75) is 37.5 Å². The fourth-order valence-electron chi connectivity index (χ4n) is 2.66. The molecule has 1 saturated carbocycles. The molecular formula is C13H14BrFO3. The molecule has 18 heavy (non-hydrogen) atoms. The van der Waals surface area contributed by atoms with Gasteiger partial charge in [-0.3, -0.25) is 4.79 Å². The summed E-state index contributed by atoms with van der Waals surface area (Å²) in [5, 5.41) is 18.9. The normalized spacial score (nSPS) is 18.6. The van der Waals surface area contributed by atoms with Gasteiger partial charge in [-0.05, 0) is 34.8 Å². The Morgan fingerprint density at radius 2 is 1.89 bits per heavy atom. The molecule has 3 nitrogen and oxygen atoms in total. The van der Waals surface area contributed by atoms with Crippen molar-refractivity contribution < 1.29 is 19.4 Å². The summed E-state index contributed by atoms with van der Waals surface area (Å²) in [5.41, 5.74) is -0.988. The van der Waals surface area contributed by atoms with Crippen LogP contribution in [0.1, 0.15) is 37.7 Å². The first-order valence-corrected chi connectivity index (χ1v) is 6.68. The van der Waals surface area contributed by atoms with Gasteiger partial charge in [0.15, 0.2) is 0 Å². The quantitative estimate of drug-likeness (QED) is 0.876. The van der Waals surface area contributed by atoms with Crippen LogP contribution in [0, 0.1) is 5.82 Å². The van der Waals surface area contributed by atoms with Gasteiger partial charge in [0.1, 0.15) is 11.6 Å². The van der Waals surface area contributed by atoms with Gasteiger partial charge in [-0.2, -0.15) is 0 Å². The maximum atomic E-state index is 14.0. The minimum atomic E-state index is -1.15. The Morgan fingerprint density at radius 1 is 1.28 bits per heavy atom. The first kappa shape index (κ1) is 13.3. The van der Waals surface area contributed by atoms with Gasteiger partial charge in [0, 0.05) is 11.6 Å². The summed E-state index contributed by atoms with van der Waals surface area (Å²) in [7, 11) is 0. The minimum Gasteiger partial charge on any atom is -0.507 e. The van der Waals surface area contributed by atoms with Crippen molar-refractivity contribution in [2.75, 3.05) is 0 Å². The monoisotopic (exact) mass is 316 g/mol. The van der Waals surface area contributed by atoms with Crippen LogP contribution in [0.15, 0.2) is 16.6 Å². The predicted octanol–water partition coefficient (Wildman–Crippen LogP) is 3.58. The van der Waals surface area contributed by atoms with E-state index in [9.17, 15) is 19.4 Å². The van der Waals surface area contributed by atoms with Crippen LogP contribution in [-0.4, -0.2) is 16.2 Å². The fourth-order valence-corrected chi connectivity index (χ4v) is 3.00. The van der Waals surface area contributed by atoms with Gasteiger partial charge in [-0.15, -0.1) is 0 Å². The molecule has 0 spiro atoms. The Balaban J connectivity index is 2.55. The topological polar surface area (TPSA) is 57.5 Å². The summed E-state index contributed by atoms with van der Waals surface area (Å²) >= 11 is 3.11. The van der Waals surface area contributed by atoms with Crippen LogP contribution in [0.25, 0.3) is 0 Å². The lowest BCUT2D eigenvalue weighted by Gasteiger charge is -2.34. The van der Waals surface area contributed by atoms with Crippen LogP contribution in [0.3, 0.4) is 0 Å². The van der Waals surface area contributed by atoms with E-state index in [1.54, 1.807) is 0 Å². The fraction of sp³-hybridized carbons (Fsp3) is 0.462. The molecule has 0 heterocycles. The summed E-state index contributed by atoms with van der Waals surface area (Å²) in [6, 6.07) is 2.36. The number of carbonyl (C=O) groups is 1. The average Bonchev–Trinajstić information content (AvgIpc) is 2.34. The van der Waals surface area contributed by atoms with Gasteiger partial charge >= 0.3 is 5.97 Å². The Hall–Kier alpha value is -1.10. The van der Waals surface area contributed by atoms with Crippen molar-refractivity contribution in [3.05, 3.63) is 28.0 Å². The zero-order valence-corrected chi connectivity index (χ0v) is 11.3. The van der Waals surface area contributed by atoms with Gasteiger partial charge in [0.05, 0.1) is 9.89 Å². The molecule has 0 saturated heterocycles. The molecule has 0 atom stereocenters. The molecule has 1 aromatic rings. The Morgan fingerprint density at radius 3 is 2.44 bits per heavy atom. The van der Waals surface area contributed by atoms with Crippen LogP contribution in [-0.2, 0) is 10.2 Å². The molecule has 0 aromatic heterocycles. The third-order valence-corrected chi connectivity index (χ3v) is 4.30. The Kier molecular flexibility index (Phi) is 3.61. The van der Waals surface area contributed by atoms with Crippen LogP contribution in [0.4, 0.5) is 4.39 Å². The van der Waals surface area contributed by atoms with E-state index in [-0.39, 0.29) is 11.3 Å². The van der Waals surface area contributed by atoms with Gasteiger partial charge in [0.25, 0.3) is 0 Å². The molecule has 2 rings (SSSR count). The largest absolute Gasteiger partial charge is 0.507 e. The molecule has 2 N–H and O–H groups in total. The molecule has 5 heteroatoms. The first-order valence-electron chi connectivity index (χ1n) is 5.89. The van der Waals surface area contributed by atoms with E-state index >= 15 is 0 Å². The standard InChI is InChI=1S/C13H14BrFO3/c14-9-6-8(10(15)7-11(9)16)13(12(17)18)4-2-1-3-5-13/h6-7,16H,1-5H2,(H,17,18). The van der Waals surface area contributed by atoms with E-state index in [2.05, 4.69) is 15.9 Å². The number of aromatic hydroxyl groups is 1. The van der Waals surface area contributed by atoms with Crippen molar-refractivity contribution in [3.8, 4) is 5.75 Å². The van der Waals surface area contributed by atoms with Gasteiger partial charge in [-0.1, -0.05) is 19.3 Å². The molecule has 1 aliphatic carbocycles. The molecule has 0 unspecified atom stereocenters. The molecule has 98 valence electrons. The maximum absolute atomic E-state index is 14.0. The second-order valence-corrected chi connectivity index (χ2v) is 5.59. The number of aliphatic carboxylic acids is 1. The number of hydrogen-bond acceptors (Lipinski definition) is 2. The Labute approximate surface area is 113 Å². The van der Waals surface area contributed by atoms with Crippen molar-refractivity contribution >= 4 is 21.9 Å². The second kappa shape index (κ2) is 4.88. The van der Waals surface area contributed by atoms with Crippen molar-refractivity contribution in [1.82, 2.24) is 0 Å². The van der Waals surface area contributed by atoms with E-state index in [0.717, 1.165) is 25.3 Å². The molecule has 1 fully saturated rings. The highest BCUT2D eigenvalue weighted by molar-refractivity contribution is 9.10. The molecule has 0 amide bonds. The lowest BCUT2D eigenvalue weighted by molar-refractivity contribution is -0.145. The summed E-state index contributed by atoms with van der Waals surface area (Å²) in [6.07, 6.45) is 3.43. The zero-order chi connectivity index (χ0) is 13.3. The summed E-state index contributed by atoms with van der Waals surface area (Å²) in [5.74, 6) is -1.86. The molecule has 1 aliphatic rings.